The summed E-state index contributed by atoms with van der Waals surface area (Å²) >= 11 is 0. The van der Waals surface area contributed by atoms with Crippen molar-refractivity contribution in [2.75, 3.05) is 0 Å². The first-order chi connectivity index (χ1) is 10.3. The van der Waals surface area contributed by atoms with Crippen molar-refractivity contribution in [1.29, 1.82) is 0 Å². The number of hydrogen-bond acceptors (Lipinski definition) is 3. The van der Waals surface area contributed by atoms with Gasteiger partial charge in [0.05, 0.1) is 16.6 Å². The minimum absolute atomic E-state index is 0.193. The van der Waals surface area contributed by atoms with Crippen LogP contribution in [0.3, 0.4) is 0 Å². The summed E-state index contributed by atoms with van der Waals surface area (Å²) in [5.41, 5.74) is 0.495. The molecular weight excluding hydrogens is 297 g/mol. The van der Waals surface area contributed by atoms with Crippen LogP contribution in [0.1, 0.15) is 17.0 Å². The summed E-state index contributed by atoms with van der Waals surface area (Å²) < 4.78 is 39.1. The van der Waals surface area contributed by atoms with E-state index in [0.717, 1.165) is 12.3 Å². The van der Waals surface area contributed by atoms with Gasteiger partial charge in [-0.3, -0.25) is 4.79 Å². The van der Waals surface area contributed by atoms with Crippen molar-refractivity contribution < 1.29 is 13.2 Å². The van der Waals surface area contributed by atoms with E-state index in [0.29, 0.717) is 22.4 Å². The lowest BCUT2D eigenvalue weighted by molar-refractivity contribution is -0.137. The van der Waals surface area contributed by atoms with Crippen LogP contribution in [0.15, 0.2) is 29.2 Å². The summed E-state index contributed by atoms with van der Waals surface area (Å²) in [4.78, 5) is 18.8. The molecule has 0 fully saturated rings. The first-order valence-corrected chi connectivity index (χ1v) is 6.40. The third-order valence-corrected chi connectivity index (χ3v) is 3.26. The Morgan fingerprint density at radius 1 is 1.23 bits per heavy atom. The van der Waals surface area contributed by atoms with Crippen molar-refractivity contribution in [1.82, 2.24) is 19.7 Å². The molecule has 5 nitrogen and oxygen atoms in total. The molecule has 0 saturated heterocycles. The van der Waals surface area contributed by atoms with E-state index in [9.17, 15) is 18.0 Å². The van der Waals surface area contributed by atoms with Crippen molar-refractivity contribution in [2.45, 2.75) is 20.0 Å². The quantitative estimate of drug-likeness (QED) is 0.752. The minimum Gasteiger partial charge on any atom is -0.343 e. The summed E-state index contributed by atoms with van der Waals surface area (Å²) in [6.45, 7) is 3.38. The summed E-state index contributed by atoms with van der Waals surface area (Å²) in [5, 5.41) is 4.59. The average molecular weight is 308 g/mol. The average Bonchev–Trinajstić information content (AvgIpc) is 2.75. The second-order valence-corrected chi connectivity index (χ2v) is 4.94. The Balaban J connectivity index is 2.21. The highest BCUT2D eigenvalue weighted by Crippen LogP contribution is 2.29. The van der Waals surface area contributed by atoms with Crippen LogP contribution in [0.25, 0.3) is 16.9 Å². The third-order valence-electron chi connectivity index (χ3n) is 3.26. The zero-order valence-corrected chi connectivity index (χ0v) is 11.7. The van der Waals surface area contributed by atoms with Gasteiger partial charge >= 0.3 is 6.18 Å². The van der Waals surface area contributed by atoms with Crippen LogP contribution in [-0.2, 0) is 6.18 Å². The van der Waals surface area contributed by atoms with Crippen LogP contribution in [-0.4, -0.2) is 19.7 Å². The van der Waals surface area contributed by atoms with Crippen LogP contribution < -0.4 is 5.43 Å². The Labute approximate surface area is 122 Å². The minimum atomic E-state index is -4.45. The fraction of sp³-hybridized carbons (Fsp3) is 0.214. The Morgan fingerprint density at radius 3 is 2.55 bits per heavy atom. The zero-order valence-electron chi connectivity index (χ0n) is 11.7. The van der Waals surface area contributed by atoms with Gasteiger partial charge in [0, 0.05) is 18.0 Å². The summed E-state index contributed by atoms with van der Waals surface area (Å²) in [6.07, 6.45) is -3.70. The number of aromatic nitrogens is 4. The monoisotopic (exact) mass is 308 g/mol. The third kappa shape index (κ3) is 2.26. The molecule has 1 N–H and O–H groups in total. The van der Waals surface area contributed by atoms with E-state index in [4.69, 9.17) is 0 Å². The van der Waals surface area contributed by atoms with Crippen molar-refractivity contribution in [3.63, 3.8) is 0 Å². The highest BCUT2D eigenvalue weighted by Gasteiger charge is 2.30. The molecule has 0 spiro atoms. The molecule has 0 saturated carbocycles. The normalized spacial score (nSPS) is 12.0. The topological polar surface area (TPSA) is 63.6 Å². The van der Waals surface area contributed by atoms with Gasteiger partial charge in [-0.15, -0.1) is 0 Å². The summed E-state index contributed by atoms with van der Waals surface area (Å²) in [7, 11) is 0. The summed E-state index contributed by atoms with van der Waals surface area (Å²) in [5.74, 6) is 0.201. The van der Waals surface area contributed by atoms with E-state index in [1.165, 1.54) is 16.8 Å². The second kappa shape index (κ2) is 4.69. The molecule has 22 heavy (non-hydrogen) atoms. The van der Waals surface area contributed by atoms with E-state index in [2.05, 4.69) is 15.1 Å². The molecule has 0 aliphatic rings. The molecule has 0 aliphatic carbocycles. The Morgan fingerprint density at radius 2 is 1.95 bits per heavy atom. The number of alkyl halides is 3. The van der Waals surface area contributed by atoms with Gasteiger partial charge in [0.25, 0.3) is 0 Å². The van der Waals surface area contributed by atoms with Crippen LogP contribution in [0.4, 0.5) is 13.2 Å². The van der Waals surface area contributed by atoms with Crippen molar-refractivity contribution >= 4 is 11.0 Å². The van der Waals surface area contributed by atoms with Crippen LogP contribution in [0, 0.1) is 13.8 Å². The van der Waals surface area contributed by atoms with Crippen LogP contribution >= 0.6 is 0 Å². The Bertz CT molecular complexity index is 907. The first-order valence-electron chi connectivity index (χ1n) is 6.40. The van der Waals surface area contributed by atoms with Crippen molar-refractivity contribution in [2.24, 2.45) is 0 Å². The van der Waals surface area contributed by atoms with Gasteiger partial charge in [0.1, 0.15) is 5.65 Å². The molecule has 0 bridgehead atoms. The molecular formula is C14H11F3N4O. The standard InChI is InChI=1S/C14H11F3N4O/c1-7-5-10(22)12-8(2)20-21(13(12)19-7)11-4-3-9(6-18-11)14(15,16)17/h3-6H,1-2H3,(H,19,22). The van der Waals surface area contributed by atoms with Crippen LogP contribution in [0.5, 0.6) is 0 Å². The van der Waals surface area contributed by atoms with E-state index in [1.54, 1.807) is 13.8 Å². The SMILES string of the molecule is Cc1cc(=O)c2c(C)nn(-c3ccc(C(F)(F)F)cn3)c2[nH]1. The summed E-state index contributed by atoms with van der Waals surface area (Å²) in [6, 6.07) is 3.59. The fourth-order valence-electron chi connectivity index (χ4n) is 2.27. The lowest BCUT2D eigenvalue weighted by Gasteiger charge is -2.07. The maximum atomic E-state index is 12.6. The van der Waals surface area contributed by atoms with Crippen molar-refractivity contribution in [3.8, 4) is 5.82 Å². The van der Waals surface area contributed by atoms with E-state index in [1.807, 2.05) is 0 Å². The number of aromatic amines is 1. The lowest BCUT2D eigenvalue weighted by atomic mass is 10.2. The van der Waals surface area contributed by atoms with Crippen molar-refractivity contribution in [3.05, 3.63) is 51.6 Å². The highest BCUT2D eigenvalue weighted by molar-refractivity contribution is 5.79. The van der Waals surface area contributed by atoms with Gasteiger partial charge in [-0.05, 0) is 26.0 Å². The maximum Gasteiger partial charge on any atom is 0.417 e. The molecule has 0 amide bonds. The molecule has 8 heteroatoms. The number of hydrogen-bond donors (Lipinski definition) is 1. The van der Waals surface area contributed by atoms with Gasteiger partial charge in [-0.25, -0.2) is 4.98 Å². The number of aryl methyl sites for hydroxylation is 2. The van der Waals surface area contributed by atoms with Gasteiger partial charge in [-0.1, -0.05) is 0 Å². The Kier molecular flexibility index (Phi) is 3.05. The molecule has 3 rings (SSSR count). The molecule has 0 radical (unpaired) electrons. The molecule has 114 valence electrons. The molecule has 0 unspecified atom stereocenters. The molecule has 0 atom stereocenters. The fourth-order valence-corrected chi connectivity index (χ4v) is 2.27. The largest absolute Gasteiger partial charge is 0.417 e. The number of nitrogens with zero attached hydrogens (tertiary/aromatic N) is 3. The zero-order chi connectivity index (χ0) is 16.1. The molecule has 0 aliphatic heterocycles. The van der Waals surface area contributed by atoms with E-state index < -0.39 is 11.7 Å². The number of nitrogens with one attached hydrogen (secondary N) is 1. The highest BCUT2D eigenvalue weighted by atomic mass is 19.4. The smallest absolute Gasteiger partial charge is 0.343 e. The predicted molar refractivity (Wildman–Crippen MR) is 74.0 cm³/mol. The van der Waals surface area contributed by atoms with Crippen LogP contribution in [0.2, 0.25) is 0 Å². The number of H-pyrrole nitrogens is 1. The van der Waals surface area contributed by atoms with Gasteiger partial charge in [0.2, 0.25) is 0 Å². The first kappa shape index (κ1) is 14.3. The maximum absolute atomic E-state index is 12.6. The predicted octanol–water partition coefficient (Wildman–Crippen LogP) is 2.74. The number of rotatable bonds is 1. The number of fused-ring (bicyclic) bond motifs is 1. The Hall–Kier alpha value is -2.64. The molecule has 0 aromatic carbocycles. The van der Waals surface area contributed by atoms with Gasteiger partial charge < -0.3 is 4.98 Å². The molecule has 3 aromatic rings. The molecule has 3 aromatic heterocycles. The second-order valence-electron chi connectivity index (χ2n) is 4.94. The number of halogens is 3. The van der Waals surface area contributed by atoms with Gasteiger partial charge in [0.15, 0.2) is 11.2 Å². The molecule has 3 heterocycles. The van der Waals surface area contributed by atoms with Gasteiger partial charge in [-0.2, -0.15) is 23.0 Å². The lowest BCUT2D eigenvalue weighted by Crippen LogP contribution is -2.08. The number of pyridine rings is 2. The van der Waals surface area contributed by atoms with E-state index in [-0.39, 0.29) is 11.2 Å². The van der Waals surface area contributed by atoms with E-state index >= 15 is 0 Å².